The average Bonchev–Trinajstić information content (AvgIpc) is 2.48. The average molecular weight is 283 g/mol. The molecular formula is C14H23ClN4. The molecule has 0 saturated carbocycles. The zero-order valence-electron chi connectivity index (χ0n) is 12.0. The van der Waals surface area contributed by atoms with Crippen molar-refractivity contribution in [2.24, 2.45) is 5.41 Å². The summed E-state index contributed by atoms with van der Waals surface area (Å²) >= 11 is 6.23. The van der Waals surface area contributed by atoms with Gasteiger partial charge < -0.3 is 10.2 Å². The van der Waals surface area contributed by atoms with E-state index >= 15 is 0 Å². The van der Waals surface area contributed by atoms with Crippen LogP contribution in [0.25, 0.3) is 0 Å². The first-order valence-corrected chi connectivity index (χ1v) is 7.47. The molecule has 1 saturated heterocycles. The Bertz CT molecular complexity index is 421. The van der Waals surface area contributed by atoms with Crippen LogP contribution in [0.2, 0.25) is 5.02 Å². The summed E-state index contributed by atoms with van der Waals surface area (Å²) in [7, 11) is 1.82. The maximum atomic E-state index is 6.23. The third-order valence-corrected chi connectivity index (χ3v) is 4.84. The van der Waals surface area contributed by atoms with Crippen LogP contribution in [0.4, 0.5) is 11.8 Å². The molecule has 4 nitrogen and oxygen atoms in total. The van der Waals surface area contributed by atoms with E-state index in [0.29, 0.717) is 16.4 Å². The van der Waals surface area contributed by atoms with Crippen molar-refractivity contribution in [3.8, 4) is 0 Å². The molecule has 19 heavy (non-hydrogen) atoms. The summed E-state index contributed by atoms with van der Waals surface area (Å²) in [4.78, 5) is 10.9. The summed E-state index contributed by atoms with van der Waals surface area (Å²) in [5, 5.41) is 3.60. The van der Waals surface area contributed by atoms with E-state index in [2.05, 4.69) is 34.0 Å². The Morgan fingerprint density at radius 2 is 1.95 bits per heavy atom. The number of hydrogen-bond donors (Lipinski definition) is 1. The maximum absolute atomic E-state index is 6.23. The van der Waals surface area contributed by atoms with Crippen molar-refractivity contribution >= 4 is 23.4 Å². The Hall–Kier alpha value is -1.03. The second-order valence-corrected chi connectivity index (χ2v) is 5.72. The third-order valence-electron chi connectivity index (χ3n) is 4.57. The van der Waals surface area contributed by atoms with Crippen molar-refractivity contribution in [3.63, 3.8) is 0 Å². The van der Waals surface area contributed by atoms with Crippen molar-refractivity contribution in [3.05, 3.63) is 11.2 Å². The minimum absolute atomic E-state index is 0.516. The maximum Gasteiger partial charge on any atom is 0.224 e. The van der Waals surface area contributed by atoms with Crippen LogP contribution >= 0.6 is 11.6 Å². The lowest BCUT2D eigenvalue weighted by Gasteiger charge is -2.41. The first kappa shape index (κ1) is 14.4. The van der Waals surface area contributed by atoms with Gasteiger partial charge in [0.1, 0.15) is 5.02 Å². The molecule has 0 spiro atoms. The molecule has 0 aromatic carbocycles. The van der Waals surface area contributed by atoms with E-state index in [1.165, 1.54) is 25.7 Å². The Labute approximate surface area is 120 Å². The topological polar surface area (TPSA) is 41.1 Å². The van der Waals surface area contributed by atoms with Crippen molar-refractivity contribution < 1.29 is 0 Å². The number of aromatic nitrogens is 2. The summed E-state index contributed by atoms with van der Waals surface area (Å²) in [6.45, 7) is 6.66. The minimum Gasteiger partial charge on any atom is -0.357 e. The molecule has 0 atom stereocenters. The fourth-order valence-corrected chi connectivity index (χ4v) is 3.06. The van der Waals surface area contributed by atoms with Gasteiger partial charge in [-0.05, 0) is 18.3 Å². The Morgan fingerprint density at radius 1 is 1.32 bits per heavy atom. The van der Waals surface area contributed by atoms with Gasteiger partial charge in [0.2, 0.25) is 5.95 Å². The highest BCUT2D eigenvalue weighted by atomic mass is 35.5. The van der Waals surface area contributed by atoms with Crippen LogP contribution in [0.15, 0.2) is 6.20 Å². The number of halogens is 1. The van der Waals surface area contributed by atoms with Crippen molar-refractivity contribution in [1.29, 1.82) is 0 Å². The number of nitrogens with zero attached hydrogens (tertiary/aromatic N) is 3. The number of anilines is 2. The second kappa shape index (κ2) is 5.95. The van der Waals surface area contributed by atoms with Gasteiger partial charge in [-0.25, -0.2) is 4.98 Å². The standard InChI is InChI=1S/C14H23ClN4/c1-4-14(5-2)6-8-19(9-7-14)12-11(15)10-17-13(16-3)18-12/h10H,4-9H2,1-3H3,(H,16,17,18). The minimum atomic E-state index is 0.516. The van der Waals surface area contributed by atoms with Crippen molar-refractivity contribution in [2.75, 3.05) is 30.4 Å². The predicted molar refractivity (Wildman–Crippen MR) is 81.1 cm³/mol. The van der Waals surface area contributed by atoms with Gasteiger partial charge in [-0.15, -0.1) is 0 Å². The second-order valence-electron chi connectivity index (χ2n) is 5.31. The van der Waals surface area contributed by atoms with Crippen LogP contribution < -0.4 is 10.2 Å². The summed E-state index contributed by atoms with van der Waals surface area (Å²) in [5.74, 6) is 1.49. The van der Waals surface area contributed by atoms with E-state index in [0.717, 1.165) is 18.9 Å². The van der Waals surface area contributed by atoms with E-state index in [9.17, 15) is 0 Å². The molecule has 1 aliphatic rings. The molecule has 0 unspecified atom stereocenters. The van der Waals surface area contributed by atoms with E-state index in [1.807, 2.05) is 7.05 Å². The van der Waals surface area contributed by atoms with E-state index in [-0.39, 0.29) is 0 Å². The normalized spacial score (nSPS) is 18.4. The summed E-state index contributed by atoms with van der Waals surface area (Å²) < 4.78 is 0. The number of hydrogen-bond acceptors (Lipinski definition) is 4. The Kier molecular flexibility index (Phi) is 4.50. The Balaban J connectivity index is 2.13. The predicted octanol–water partition coefficient (Wildman–Crippen LogP) is 3.58. The molecular weight excluding hydrogens is 260 g/mol. The lowest BCUT2D eigenvalue weighted by molar-refractivity contribution is 0.199. The molecule has 0 bridgehead atoms. The molecule has 1 aliphatic heterocycles. The zero-order chi connectivity index (χ0) is 13.9. The highest BCUT2D eigenvalue weighted by molar-refractivity contribution is 6.32. The van der Waals surface area contributed by atoms with Gasteiger partial charge >= 0.3 is 0 Å². The molecule has 2 heterocycles. The van der Waals surface area contributed by atoms with Crippen molar-refractivity contribution in [1.82, 2.24) is 9.97 Å². The number of nitrogens with one attached hydrogen (secondary N) is 1. The largest absolute Gasteiger partial charge is 0.357 e. The first-order chi connectivity index (χ1) is 9.14. The monoisotopic (exact) mass is 282 g/mol. The lowest BCUT2D eigenvalue weighted by Crippen LogP contribution is -2.40. The highest BCUT2D eigenvalue weighted by Gasteiger charge is 2.32. The van der Waals surface area contributed by atoms with Crippen molar-refractivity contribution in [2.45, 2.75) is 39.5 Å². The SMILES string of the molecule is CCC1(CC)CCN(c2nc(NC)ncc2Cl)CC1. The fraction of sp³-hybridized carbons (Fsp3) is 0.714. The molecule has 0 aliphatic carbocycles. The van der Waals surface area contributed by atoms with Crippen LogP contribution in [0.1, 0.15) is 39.5 Å². The fourth-order valence-electron chi connectivity index (χ4n) is 2.85. The van der Waals surface area contributed by atoms with Gasteiger partial charge in [0.15, 0.2) is 5.82 Å². The molecule has 1 fully saturated rings. The van der Waals surface area contributed by atoms with Crippen LogP contribution in [-0.4, -0.2) is 30.1 Å². The van der Waals surface area contributed by atoms with E-state index in [1.54, 1.807) is 6.20 Å². The van der Waals surface area contributed by atoms with Crippen LogP contribution in [0, 0.1) is 5.41 Å². The summed E-state index contributed by atoms with van der Waals surface area (Å²) in [5.41, 5.74) is 0.516. The molecule has 0 amide bonds. The van der Waals surface area contributed by atoms with Gasteiger partial charge in [-0.1, -0.05) is 38.3 Å². The molecule has 1 aromatic heterocycles. The first-order valence-electron chi connectivity index (χ1n) is 7.09. The molecule has 5 heteroatoms. The summed E-state index contributed by atoms with van der Waals surface area (Å²) in [6.07, 6.45) is 6.63. The van der Waals surface area contributed by atoms with Gasteiger partial charge in [-0.3, -0.25) is 0 Å². The van der Waals surface area contributed by atoms with Gasteiger partial charge in [0.05, 0.1) is 6.20 Å². The van der Waals surface area contributed by atoms with Crippen LogP contribution in [-0.2, 0) is 0 Å². The van der Waals surface area contributed by atoms with E-state index in [4.69, 9.17) is 11.6 Å². The number of rotatable bonds is 4. The smallest absolute Gasteiger partial charge is 0.224 e. The third kappa shape index (κ3) is 2.94. The highest BCUT2D eigenvalue weighted by Crippen LogP contribution is 2.39. The quantitative estimate of drug-likeness (QED) is 0.916. The van der Waals surface area contributed by atoms with Gasteiger partial charge in [0.25, 0.3) is 0 Å². The van der Waals surface area contributed by atoms with Crippen LogP contribution in [0.5, 0.6) is 0 Å². The molecule has 1 aromatic rings. The lowest BCUT2D eigenvalue weighted by atomic mass is 9.74. The zero-order valence-corrected chi connectivity index (χ0v) is 12.8. The van der Waals surface area contributed by atoms with Crippen LogP contribution in [0.3, 0.4) is 0 Å². The molecule has 106 valence electrons. The van der Waals surface area contributed by atoms with Gasteiger partial charge in [0, 0.05) is 20.1 Å². The number of piperidine rings is 1. The molecule has 2 rings (SSSR count). The van der Waals surface area contributed by atoms with Gasteiger partial charge in [-0.2, -0.15) is 4.98 Å². The summed E-state index contributed by atoms with van der Waals surface area (Å²) in [6, 6.07) is 0. The molecule has 0 radical (unpaired) electrons. The van der Waals surface area contributed by atoms with E-state index < -0.39 is 0 Å². The Morgan fingerprint density at radius 3 is 2.47 bits per heavy atom. The molecule has 1 N–H and O–H groups in total.